The van der Waals surface area contributed by atoms with Gasteiger partial charge in [0.25, 0.3) is 5.56 Å². The average Bonchev–Trinajstić information content (AvgIpc) is 3.30. The number of aryl methyl sites for hydroxylation is 2. The molecule has 4 rings (SSSR count). The molecule has 3 heterocycles. The van der Waals surface area contributed by atoms with Crippen molar-refractivity contribution in [1.82, 2.24) is 18.7 Å². The van der Waals surface area contributed by atoms with Crippen LogP contribution in [0.5, 0.6) is 0 Å². The Bertz CT molecular complexity index is 1390. The van der Waals surface area contributed by atoms with Gasteiger partial charge in [0.2, 0.25) is 5.95 Å². The molecular weight excluding hydrogens is 408 g/mol. The van der Waals surface area contributed by atoms with E-state index in [1.165, 1.54) is 17.8 Å². The van der Waals surface area contributed by atoms with Crippen molar-refractivity contribution in [3.63, 3.8) is 0 Å². The maximum absolute atomic E-state index is 12.9. The van der Waals surface area contributed by atoms with Gasteiger partial charge in [-0.3, -0.25) is 18.5 Å². The van der Waals surface area contributed by atoms with Crippen LogP contribution in [0, 0.1) is 6.92 Å². The molecule has 0 amide bonds. The van der Waals surface area contributed by atoms with E-state index in [-0.39, 0.29) is 17.7 Å². The van der Waals surface area contributed by atoms with Gasteiger partial charge in [-0.25, -0.2) is 10.2 Å². The zero-order valence-corrected chi connectivity index (χ0v) is 17.3. The van der Waals surface area contributed by atoms with Gasteiger partial charge in [0.05, 0.1) is 12.8 Å². The second-order valence-electron chi connectivity index (χ2n) is 6.81. The van der Waals surface area contributed by atoms with Gasteiger partial charge in [0.1, 0.15) is 11.5 Å². The number of nitrogens with one attached hydrogen (secondary N) is 1. The number of fused-ring (bicyclic) bond motifs is 1. The Balaban J connectivity index is 1.85. The highest BCUT2D eigenvalue weighted by Gasteiger charge is 2.19. The van der Waals surface area contributed by atoms with Crippen molar-refractivity contribution < 1.29 is 4.42 Å². The number of nitrogens with zero attached hydrogens (tertiary/aromatic N) is 5. The summed E-state index contributed by atoms with van der Waals surface area (Å²) in [7, 11) is 3.00. The third-order valence-electron chi connectivity index (χ3n) is 4.75. The minimum absolute atomic E-state index is 0.252. The molecule has 0 aliphatic rings. The van der Waals surface area contributed by atoms with Gasteiger partial charge in [-0.1, -0.05) is 29.8 Å². The highest BCUT2D eigenvalue weighted by atomic mass is 35.5. The molecule has 0 aliphatic heterocycles. The highest BCUT2D eigenvalue weighted by molar-refractivity contribution is 6.31. The fourth-order valence-corrected chi connectivity index (χ4v) is 3.35. The van der Waals surface area contributed by atoms with Crippen LogP contribution < -0.4 is 16.7 Å². The molecule has 0 unspecified atom stereocenters. The van der Waals surface area contributed by atoms with Crippen molar-refractivity contribution in [2.45, 2.75) is 13.5 Å². The molecule has 1 aromatic carbocycles. The first-order valence-electron chi connectivity index (χ1n) is 9.12. The lowest BCUT2D eigenvalue weighted by atomic mass is 10.2. The summed E-state index contributed by atoms with van der Waals surface area (Å²) in [6, 6.07) is 10.9. The molecule has 0 bridgehead atoms. The van der Waals surface area contributed by atoms with E-state index in [1.807, 2.05) is 31.2 Å². The van der Waals surface area contributed by atoms with Crippen molar-refractivity contribution in [1.29, 1.82) is 0 Å². The molecule has 0 spiro atoms. The van der Waals surface area contributed by atoms with Crippen molar-refractivity contribution in [3.05, 3.63) is 79.3 Å². The number of hydrogen-bond acceptors (Lipinski definition) is 6. The molecule has 30 heavy (non-hydrogen) atoms. The predicted molar refractivity (Wildman–Crippen MR) is 115 cm³/mol. The lowest BCUT2D eigenvalue weighted by molar-refractivity contribution is 0.528. The minimum Gasteiger partial charge on any atom is -0.460 e. The number of rotatable bonds is 5. The maximum Gasteiger partial charge on any atom is 0.332 e. The van der Waals surface area contributed by atoms with Crippen LogP contribution >= 0.6 is 11.6 Å². The lowest BCUT2D eigenvalue weighted by Crippen LogP contribution is -2.37. The third-order valence-corrected chi connectivity index (χ3v) is 5.12. The van der Waals surface area contributed by atoms with Gasteiger partial charge in [-0.15, -0.1) is 0 Å². The van der Waals surface area contributed by atoms with E-state index in [0.717, 1.165) is 15.9 Å². The Kier molecular flexibility index (Phi) is 5.04. The Labute approximate surface area is 175 Å². The molecule has 9 nitrogen and oxygen atoms in total. The summed E-state index contributed by atoms with van der Waals surface area (Å²) in [5, 5.41) is 4.72. The van der Waals surface area contributed by atoms with Crippen molar-refractivity contribution in [2.75, 3.05) is 5.43 Å². The van der Waals surface area contributed by atoms with E-state index in [4.69, 9.17) is 16.0 Å². The van der Waals surface area contributed by atoms with Gasteiger partial charge in [0.15, 0.2) is 11.2 Å². The number of furan rings is 1. The second kappa shape index (κ2) is 7.68. The van der Waals surface area contributed by atoms with Crippen molar-refractivity contribution in [2.24, 2.45) is 19.2 Å². The molecule has 1 N–H and O–H groups in total. The largest absolute Gasteiger partial charge is 0.460 e. The van der Waals surface area contributed by atoms with E-state index in [1.54, 1.807) is 23.7 Å². The van der Waals surface area contributed by atoms with Crippen molar-refractivity contribution in [3.8, 4) is 0 Å². The molecule has 0 atom stereocenters. The topological polar surface area (TPSA) is 99.4 Å². The van der Waals surface area contributed by atoms with Crippen LogP contribution in [0.25, 0.3) is 11.2 Å². The number of hydrogen-bond donors (Lipinski definition) is 1. The Hall–Kier alpha value is -3.59. The zero-order valence-electron chi connectivity index (χ0n) is 16.6. The van der Waals surface area contributed by atoms with Crippen LogP contribution in [0.4, 0.5) is 5.95 Å². The van der Waals surface area contributed by atoms with Crippen LogP contribution in [-0.2, 0) is 20.6 Å². The Morgan fingerprint density at radius 1 is 1.17 bits per heavy atom. The summed E-state index contributed by atoms with van der Waals surface area (Å²) in [5.41, 5.74) is 3.25. The van der Waals surface area contributed by atoms with Crippen LogP contribution in [0.3, 0.4) is 0 Å². The van der Waals surface area contributed by atoms with Gasteiger partial charge in [-0.2, -0.15) is 10.1 Å². The van der Waals surface area contributed by atoms with Crippen LogP contribution in [0.2, 0.25) is 5.02 Å². The quantitative estimate of drug-likeness (QED) is 0.390. The molecule has 0 radical (unpaired) electrons. The minimum atomic E-state index is -0.462. The fourth-order valence-electron chi connectivity index (χ4n) is 3.16. The normalized spacial score (nSPS) is 11.6. The average molecular weight is 427 g/mol. The van der Waals surface area contributed by atoms with E-state index >= 15 is 0 Å². The first kappa shape index (κ1) is 19.7. The second-order valence-corrected chi connectivity index (χ2v) is 7.22. The smallest absolute Gasteiger partial charge is 0.332 e. The summed E-state index contributed by atoms with van der Waals surface area (Å²) in [6.45, 7) is 2.10. The lowest BCUT2D eigenvalue weighted by Gasteiger charge is -2.10. The summed E-state index contributed by atoms with van der Waals surface area (Å²) < 4.78 is 9.49. The van der Waals surface area contributed by atoms with Gasteiger partial charge < -0.3 is 4.42 Å². The fraction of sp³-hybridized carbons (Fsp3) is 0.200. The summed E-state index contributed by atoms with van der Waals surface area (Å²) in [5.74, 6) is 1.63. The standard InChI is InChI=1S/C20H19ClN6O3/c1-12-8-9-14(30-12)10-22-24-19-23-17-16(18(28)26(3)20(29)25(17)2)27(19)11-13-6-4-5-7-15(13)21/h4-10H,11H2,1-3H3,(H,23,24). The van der Waals surface area contributed by atoms with Crippen molar-refractivity contribution >= 4 is 34.9 Å². The zero-order chi connectivity index (χ0) is 21.4. The predicted octanol–water partition coefficient (Wildman–Crippen LogP) is 2.48. The molecule has 0 aliphatic carbocycles. The summed E-state index contributed by atoms with van der Waals surface area (Å²) in [6.07, 6.45) is 1.50. The Morgan fingerprint density at radius 3 is 2.63 bits per heavy atom. The SMILES string of the molecule is Cc1ccc(C=NNc2nc3c(c(=O)n(C)c(=O)n3C)n2Cc2ccccc2Cl)o1. The monoisotopic (exact) mass is 426 g/mol. The molecule has 0 saturated carbocycles. The van der Waals surface area contributed by atoms with Gasteiger partial charge in [-0.05, 0) is 30.7 Å². The molecule has 0 fully saturated rings. The number of benzene rings is 1. The van der Waals surface area contributed by atoms with Crippen LogP contribution in [0.15, 0.2) is 55.5 Å². The van der Waals surface area contributed by atoms with Gasteiger partial charge in [0, 0.05) is 19.1 Å². The number of hydrazone groups is 1. The number of halogens is 1. The summed E-state index contributed by atoms with van der Waals surface area (Å²) in [4.78, 5) is 29.7. The highest BCUT2D eigenvalue weighted by Crippen LogP contribution is 2.22. The molecule has 154 valence electrons. The first-order chi connectivity index (χ1) is 14.4. The molecular formula is C20H19ClN6O3. The molecule has 0 saturated heterocycles. The number of aromatic nitrogens is 4. The molecule has 10 heteroatoms. The van der Waals surface area contributed by atoms with E-state index < -0.39 is 11.2 Å². The van der Waals surface area contributed by atoms with E-state index in [2.05, 4.69) is 15.5 Å². The number of anilines is 1. The molecule has 4 aromatic rings. The first-order valence-corrected chi connectivity index (χ1v) is 9.50. The number of imidazole rings is 1. The van der Waals surface area contributed by atoms with Crippen LogP contribution in [-0.4, -0.2) is 24.9 Å². The third kappa shape index (κ3) is 3.43. The van der Waals surface area contributed by atoms with Crippen LogP contribution in [0.1, 0.15) is 17.1 Å². The summed E-state index contributed by atoms with van der Waals surface area (Å²) >= 11 is 6.32. The van der Waals surface area contributed by atoms with E-state index in [9.17, 15) is 9.59 Å². The maximum atomic E-state index is 12.9. The molecule has 3 aromatic heterocycles. The van der Waals surface area contributed by atoms with Gasteiger partial charge >= 0.3 is 5.69 Å². The Morgan fingerprint density at radius 2 is 1.93 bits per heavy atom. The van der Waals surface area contributed by atoms with E-state index in [0.29, 0.717) is 16.7 Å².